The molecule has 5 N–H and O–H groups in total. The van der Waals surface area contributed by atoms with Crippen LogP contribution in [0.3, 0.4) is 0 Å². The van der Waals surface area contributed by atoms with E-state index in [4.69, 9.17) is 87.8 Å². The molecular weight excluding hydrogens is 1760 g/mol. The number of carbonyl (C=O) groups is 3. The van der Waals surface area contributed by atoms with E-state index in [1.54, 1.807) is 132 Å². The lowest BCUT2D eigenvalue weighted by Crippen LogP contribution is -2.38. The second-order valence-electron chi connectivity index (χ2n) is 31.1. The SMILES string of the molecule is COc1ccc(C(OC[C@H]2O[C@@H](n3ccc(NC(=O)c4ccccc4)nc3=O)C[C@@H]2OP(=O)(OC[C@H]2O[C@@H](n3cnc4c(=O)[nH]c(NC(=O)C(C)C)nc43)C[C@@H]2OP(=O)(OC[C@H]2O[C@@H](n3ccc4c(=O)[nH]c(NC(=O)C(C)C)nc43)C[C@@H]2OP(OCCC#N)N(C(C)C)C(C)C)Oc2ccccc2Cl)Oc2ccccc2Cl)(c2ccccc2)c2ccc(OC)cc2)cc1. The molecule has 3 aliphatic rings. The molecule has 8 heterocycles. The Bertz CT molecular complexity index is 6030. The van der Waals surface area contributed by atoms with Crippen LogP contribution in [-0.2, 0) is 70.4 Å². The number of fused-ring (bicyclic) bond motifs is 2. The van der Waals surface area contributed by atoms with Gasteiger partial charge in [0.25, 0.3) is 25.6 Å². The maximum Gasteiger partial charge on any atom is 0.530 e. The van der Waals surface area contributed by atoms with Gasteiger partial charge in [-0.05, 0) is 117 Å². The molecular formula is C87H95Cl2N14O22P3. The normalized spacial score (nSPS) is 20.0. The molecule has 3 saturated heterocycles. The van der Waals surface area contributed by atoms with Crippen molar-refractivity contribution >= 4 is 105 Å². The van der Waals surface area contributed by atoms with Crippen LogP contribution in [0.5, 0.6) is 23.0 Å². The number of nitrogens with zero attached hydrogens (tertiary/aromatic N) is 9. The van der Waals surface area contributed by atoms with E-state index in [0.29, 0.717) is 33.8 Å². The summed E-state index contributed by atoms with van der Waals surface area (Å²) >= 11 is 13.8. The molecule has 3 aliphatic heterocycles. The number of hydrogen-bond donors (Lipinski definition) is 5. The highest BCUT2D eigenvalue weighted by atomic mass is 35.5. The zero-order valence-corrected chi connectivity index (χ0v) is 75.4. The lowest BCUT2D eigenvalue weighted by Gasteiger charge is -2.37. The summed E-state index contributed by atoms with van der Waals surface area (Å²) in [4.78, 5) is 105. The Balaban J connectivity index is 0.852. The highest BCUT2D eigenvalue weighted by molar-refractivity contribution is 7.49. The average Bonchev–Trinajstić information content (AvgIpc) is 1.30. The van der Waals surface area contributed by atoms with E-state index >= 15 is 9.13 Å². The number of hydrogen-bond acceptors (Lipinski definition) is 28. The number of methoxy groups -OCH3 is 2. The number of H-pyrrole nitrogens is 2. The number of nitriles is 1. The third kappa shape index (κ3) is 21.6. The third-order valence-corrected chi connectivity index (χ3v) is 26.7. The summed E-state index contributed by atoms with van der Waals surface area (Å²) in [6, 6.07) is 48.9. The maximum absolute atomic E-state index is 16.8. The number of aromatic amines is 2. The summed E-state index contributed by atoms with van der Waals surface area (Å²) in [6.45, 7) is 12.4. The average molecular weight is 1850 g/mol. The molecule has 12 atom stereocenters. The predicted octanol–water partition coefficient (Wildman–Crippen LogP) is 15.6. The van der Waals surface area contributed by atoms with E-state index in [2.05, 4.69) is 51.9 Å². The van der Waals surface area contributed by atoms with Crippen LogP contribution >= 0.6 is 47.4 Å². The van der Waals surface area contributed by atoms with Gasteiger partial charge >= 0.3 is 21.3 Å². The van der Waals surface area contributed by atoms with E-state index < -0.39 is 151 Å². The zero-order valence-electron chi connectivity index (χ0n) is 71.2. The van der Waals surface area contributed by atoms with E-state index in [0.717, 1.165) is 4.57 Å². The number of ether oxygens (including phenoxy) is 6. The number of phosphoric acid groups is 2. The van der Waals surface area contributed by atoms with Crippen LogP contribution in [0.2, 0.25) is 10.0 Å². The van der Waals surface area contributed by atoms with Crippen LogP contribution in [0.4, 0.5) is 17.7 Å². The molecule has 11 aromatic rings. The number of nitrogens with one attached hydrogen (secondary N) is 5. The van der Waals surface area contributed by atoms with Crippen LogP contribution in [0.25, 0.3) is 22.2 Å². The number of rotatable bonds is 39. The minimum atomic E-state index is -5.38. The minimum absolute atomic E-state index is 0.00718. The first kappa shape index (κ1) is 93.3. The van der Waals surface area contributed by atoms with Gasteiger partial charge in [0.2, 0.25) is 23.7 Å². The number of halogens is 2. The Labute approximate surface area is 746 Å². The van der Waals surface area contributed by atoms with Gasteiger partial charge in [0, 0.05) is 61.1 Å². The van der Waals surface area contributed by atoms with Crippen molar-refractivity contribution in [2.24, 2.45) is 11.8 Å². The molecule has 0 spiro atoms. The Kier molecular flexibility index (Phi) is 30.1. The topological polar surface area (TPSA) is 427 Å². The molecule has 5 aromatic heterocycles. The second-order valence-corrected chi connectivity index (χ2v) is 36.5. The van der Waals surface area contributed by atoms with Gasteiger partial charge in [-0.15, -0.1) is 0 Å². The maximum atomic E-state index is 16.8. The summed E-state index contributed by atoms with van der Waals surface area (Å²) in [5.41, 5.74) is -1.76. The smallest absolute Gasteiger partial charge is 0.497 e. The van der Waals surface area contributed by atoms with E-state index in [9.17, 15) is 34.0 Å². The summed E-state index contributed by atoms with van der Waals surface area (Å²) in [5, 5.41) is 17.7. The fourth-order valence-corrected chi connectivity index (χ4v) is 19.8. The lowest BCUT2D eigenvalue weighted by atomic mass is 9.80. The van der Waals surface area contributed by atoms with Gasteiger partial charge in [-0.1, -0.05) is 148 Å². The van der Waals surface area contributed by atoms with Gasteiger partial charge in [-0.3, -0.25) is 71.8 Å². The Morgan fingerprint density at radius 3 is 1.58 bits per heavy atom. The monoisotopic (exact) mass is 1850 g/mol. The van der Waals surface area contributed by atoms with Crippen LogP contribution < -0.4 is 51.3 Å². The number of benzene rings is 6. The first-order valence-electron chi connectivity index (χ1n) is 41.1. The fraction of sp³-hybridized carbons (Fsp3) is 0.368. The Morgan fingerprint density at radius 2 is 1.05 bits per heavy atom. The third-order valence-electron chi connectivity index (χ3n) is 21.1. The highest BCUT2D eigenvalue weighted by Gasteiger charge is 2.52. The molecule has 41 heteroatoms. The lowest BCUT2D eigenvalue weighted by molar-refractivity contribution is -0.119. The fourth-order valence-electron chi connectivity index (χ4n) is 14.7. The van der Waals surface area contributed by atoms with Gasteiger partial charge in [0.1, 0.15) is 83.6 Å². The summed E-state index contributed by atoms with van der Waals surface area (Å²) in [6.07, 6.45) is -8.56. The molecule has 3 unspecified atom stereocenters. The van der Waals surface area contributed by atoms with Crippen molar-refractivity contribution in [1.82, 2.24) is 48.3 Å². The number of phosphoric ester groups is 2. The van der Waals surface area contributed by atoms with Gasteiger partial charge in [-0.2, -0.15) is 20.2 Å². The molecule has 0 radical (unpaired) electrons. The van der Waals surface area contributed by atoms with Crippen molar-refractivity contribution < 1.29 is 88.1 Å². The summed E-state index contributed by atoms with van der Waals surface area (Å²) < 4.78 is 132. The highest BCUT2D eigenvalue weighted by Crippen LogP contribution is 2.59. The first-order valence-corrected chi connectivity index (χ1v) is 45.9. The van der Waals surface area contributed by atoms with Crippen LogP contribution in [0, 0.1) is 23.2 Å². The quantitative estimate of drug-likeness (QED) is 0.0136. The van der Waals surface area contributed by atoms with Crippen molar-refractivity contribution in [3.63, 3.8) is 0 Å². The molecule has 0 bridgehead atoms. The summed E-state index contributed by atoms with van der Waals surface area (Å²) in [5.74, 6) is -2.28. The molecule has 3 fully saturated rings. The van der Waals surface area contributed by atoms with E-state index in [-0.39, 0.29) is 106 Å². The van der Waals surface area contributed by atoms with Crippen molar-refractivity contribution in [3.8, 4) is 29.1 Å². The van der Waals surface area contributed by atoms with E-state index in [1.807, 2.05) is 87.0 Å². The largest absolute Gasteiger partial charge is 0.530 e. The van der Waals surface area contributed by atoms with E-state index in [1.165, 1.54) is 53.5 Å². The van der Waals surface area contributed by atoms with Crippen molar-refractivity contribution in [1.29, 1.82) is 5.26 Å². The van der Waals surface area contributed by atoms with Gasteiger partial charge in [0.15, 0.2) is 16.8 Å². The van der Waals surface area contributed by atoms with Crippen LogP contribution in [0.1, 0.15) is 127 Å². The predicted molar refractivity (Wildman–Crippen MR) is 473 cm³/mol. The Morgan fingerprint density at radius 1 is 0.578 bits per heavy atom. The number of para-hydroxylation sites is 2. The number of carbonyl (C=O) groups excluding carboxylic acids is 3. The summed E-state index contributed by atoms with van der Waals surface area (Å²) in [7, 11) is -9.67. The molecule has 0 aliphatic carbocycles. The molecule has 674 valence electrons. The zero-order chi connectivity index (χ0) is 90.7. The van der Waals surface area contributed by atoms with Crippen molar-refractivity contribution in [3.05, 3.63) is 252 Å². The minimum Gasteiger partial charge on any atom is -0.497 e. The molecule has 3 amide bonds. The Hall–Kier alpha value is -10.9. The molecule has 0 saturated carbocycles. The molecule has 128 heavy (non-hydrogen) atoms. The number of imidazole rings is 1. The van der Waals surface area contributed by atoms with Gasteiger partial charge < -0.3 is 56.4 Å². The van der Waals surface area contributed by atoms with Crippen LogP contribution in [0.15, 0.2) is 203 Å². The van der Waals surface area contributed by atoms with Gasteiger partial charge in [-0.25, -0.2) is 23.6 Å². The molecule has 14 rings (SSSR count). The first-order chi connectivity index (χ1) is 61.5. The second kappa shape index (κ2) is 41.2. The standard InChI is InChI=1S/C87H95Cl2N14O22P3/c1-51(2)79(104)96-84-94-77-61(82(107)98-84)38-41-100(77)73-44-66(121-126(115-43-21-40-90)103(53(5)6)54(7)8)70(119-73)48-116-127(110,122-64-28-19-17-26-62(64)88)125-68-46-75(102-50-91-76-78(102)95-85(99-83(76)108)97-80(105)52(3)4)120-71(68)49-117-128(111,123-65-29-20-18-27-63(65)89)124-67-45-74(101-42-39-72(93-86(101)109)92-81(106)55-22-13-11-14-23-55)118-69(67)47-114-87(56-24-15-12-16-25-56,57-30-34-59(112-9)35-31-57)58-32-36-60(113-10)37-33-58/h11-20,22-39,41-42,50-54,66-71,73-75H,21,43-49H2,1-10H3,(H,92,93,106,109)(H2,94,96,98,104,107)(H2,95,97,99,105,108)/t66-,67-,68-,69+,70+,71+,73+,74+,75+,126?,127?,128?/m0/s1. The number of amides is 3. The van der Waals surface area contributed by atoms with Crippen molar-refractivity contribution in [2.75, 3.05) is 56.6 Å². The van der Waals surface area contributed by atoms with Gasteiger partial charge in [0.05, 0.1) is 81.0 Å². The molecule has 6 aromatic carbocycles. The number of aromatic nitrogens is 9. The van der Waals surface area contributed by atoms with Crippen molar-refractivity contribution in [2.45, 2.75) is 154 Å². The molecule has 36 nitrogen and oxygen atoms in total. The van der Waals surface area contributed by atoms with Crippen LogP contribution in [-0.4, -0.2) is 155 Å². The number of anilines is 3.